The molecule has 1 N–H and O–H groups in total. The molecule has 0 bridgehead atoms. The van der Waals surface area contributed by atoms with Crippen LogP contribution in [-0.2, 0) is 6.42 Å². The molecule has 0 saturated heterocycles. The minimum Gasteiger partial charge on any atom is -0.393 e. The van der Waals surface area contributed by atoms with Gasteiger partial charge < -0.3 is 5.11 Å². The van der Waals surface area contributed by atoms with Crippen molar-refractivity contribution in [2.75, 3.05) is 0 Å². The van der Waals surface area contributed by atoms with Crippen LogP contribution in [0.1, 0.15) is 55.6 Å². The van der Waals surface area contributed by atoms with E-state index in [-0.39, 0.29) is 6.10 Å². The number of aliphatic hydroxyl groups excluding tert-OH is 1. The molecule has 1 aromatic carbocycles. The smallest absolute Gasteiger partial charge is 0.0586 e. The highest BCUT2D eigenvalue weighted by Crippen LogP contribution is 2.42. The van der Waals surface area contributed by atoms with Crippen molar-refractivity contribution in [1.29, 1.82) is 0 Å². The Morgan fingerprint density at radius 2 is 1.76 bits per heavy atom. The number of rotatable bonds is 1. The van der Waals surface area contributed by atoms with E-state index in [1.165, 1.54) is 43.2 Å². The summed E-state index contributed by atoms with van der Waals surface area (Å²) in [6, 6.07) is 8.76. The van der Waals surface area contributed by atoms with E-state index in [4.69, 9.17) is 0 Å². The van der Waals surface area contributed by atoms with Crippen LogP contribution in [0.15, 0.2) is 24.3 Å². The van der Waals surface area contributed by atoms with Crippen LogP contribution in [0, 0.1) is 5.92 Å². The Bertz CT molecular complexity index is 379. The number of fused-ring (bicyclic) bond motifs is 1. The molecule has 0 spiro atoms. The normalized spacial score (nSPS) is 29.9. The molecule has 0 radical (unpaired) electrons. The molecule has 1 nitrogen and oxygen atoms in total. The van der Waals surface area contributed by atoms with Crippen LogP contribution in [0.3, 0.4) is 0 Å². The lowest BCUT2D eigenvalue weighted by molar-refractivity contribution is 0.126. The standard InChI is InChI=1S/C16H22O/c17-14-10-13-8-4-5-9-15(13)16(11-14)12-6-2-1-3-7-12/h4-5,8-9,12,14,16-17H,1-3,6-7,10-11H2/t14-,16-/m1/s1. The third-order valence-electron chi connectivity index (χ3n) is 4.65. The fraction of sp³-hybridized carbons (Fsp3) is 0.625. The van der Waals surface area contributed by atoms with Crippen LogP contribution < -0.4 is 0 Å². The Hall–Kier alpha value is -0.820. The highest BCUT2D eigenvalue weighted by molar-refractivity contribution is 5.34. The van der Waals surface area contributed by atoms with Crippen LogP contribution in [0.2, 0.25) is 0 Å². The van der Waals surface area contributed by atoms with Crippen molar-refractivity contribution in [3.05, 3.63) is 35.4 Å². The van der Waals surface area contributed by atoms with Gasteiger partial charge in [-0.15, -0.1) is 0 Å². The van der Waals surface area contributed by atoms with E-state index in [2.05, 4.69) is 24.3 Å². The first-order valence-corrected chi connectivity index (χ1v) is 7.10. The molecule has 1 saturated carbocycles. The summed E-state index contributed by atoms with van der Waals surface area (Å²) in [7, 11) is 0. The van der Waals surface area contributed by atoms with E-state index in [0.717, 1.165) is 18.8 Å². The second kappa shape index (κ2) is 4.81. The first-order valence-electron chi connectivity index (χ1n) is 7.10. The summed E-state index contributed by atoms with van der Waals surface area (Å²) in [4.78, 5) is 0. The number of benzene rings is 1. The third kappa shape index (κ3) is 2.26. The van der Waals surface area contributed by atoms with Crippen molar-refractivity contribution >= 4 is 0 Å². The highest BCUT2D eigenvalue weighted by atomic mass is 16.3. The van der Waals surface area contributed by atoms with Crippen molar-refractivity contribution < 1.29 is 5.11 Å². The van der Waals surface area contributed by atoms with Gasteiger partial charge in [-0.3, -0.25) is 0 Å². The number of aliphatic hydroxyl groups is 1. The highest BCUT2D eigenvalue weighted by Gasteiger charge is 2.31. The van der Waals surface area contributed by atoms with Gasteiger partial charge in [0.15, 0.2) is 0 Å². The second-order valence-electron chi connectivity index (χ2n) is 5.80. The molecular formula is C16H22O. The zero-order valence-corrected chi connectivity index (χ0v) is 10.4. The minimum absolute atomic E-state index is 0.114. The summed E-state index contributed by atoms with van der Waals surface area (Å²) in [6.07, 6.45) is 8.65. The lowest BCUT2D eigenvalue weighted by Crippen LogP contribution is -2.28. The summed E-state index contributed by atoms with van der Waals surface area (Å²) in [5.74, 6) is 1.44. The molecule has 2 atom stereocenters. The van der Waals surface area contributed by atoms with Crippen LogP contribution >= 0.6 is 0 Å². The lowest BCUT2D eigenvalue weighted by atomic mass is 9.70. The molecule has 2 aliphatic carbocycles. The predicted molar refractivity (Wildman–Crippen MR) is 70.1 cm³/mol. The number of hydrogen-bond acceptors (Lipinski definition) is 1. The summed E-state index contributed by atoms with van der Waals surface area (Å²) < 4.78 is 0. The molecule has 0 aromatic heterocycles. The van der Waals surface area contributed by atoms with Gasteiger partial charge >= 0.3 is 0 Å². The van der Waals surface area contributed by atoms with E-state index in [0.29, 0.717) is 5.92 Å². The second-order valence-corrected chi connectivity index (χ2v) is 5.80. The minimum atomic E-state index is -0.114. The van der Waals surface area contributed by atoms with E-state index in [1.807, 2.05) is 0 Å². The Morgan fingerprint density at radius 3 is 2.59 bits per heavy atom. The Morgan fingerprint density at radius 1 is 1.00 bits per heavy atom. The van der Waals surface area contributed by atoms with E-state index in [1.54, 1.807) is 0 Å². The molecule has 0 amide bonds. The number of hydrogen-bond donors (Lipinski definition) is 1. The van der Waals surface area contributed by atoms with Gasteiger partial charge in [-0.05, 0) is 48.6 Å². The topological polar surface area (TPSA) is 20.2 Å². The molecule has 17 heavy (non-hydrogen) atoms. The van der Waals surface area contributed by atoms with Crippen LogP contribution in [-0.4, -0.2) is 11.2 Å². The molecule has 92 valence electrons. The van der Waals surface area contributed by atoms with Gasteiger partial charge in [0.05, 0.1) is 6.10 Å². The van der Waals surface area contributed by atoms with Gasteiger partial charge in [0.2, 0.25) is 0 Å². The monoisotopic (exact) mass is 230 g/mol. The van der Waals surface area contributed by atoms with Crippen LogP contribution in [0.25, 0.3) is 0 Å². The molecule has 0 unspecified atom stereocenters. The van der Waals surface area contributed by atoms with Crippen LogP contribution in [0.5, 0.6) is 0 Å². The predicted octanol–water partition coefficient (Wildman–Crippen LogP) is 3.66. The van der Waals surface area contributed by atoms with Crippen molar-refractivity contribution in [3.8, 4) is 0 Å². The summed E-state index contributed by atoms with van der Waals surface area (Å²) >= 11 is 0. The summed E-state index contributed by atoms with van der Waals surface area (Å²) in [6.45, 7) is 0. The molecule has 1 aromatic rings. The Labute approximate surface area is 104 Å². The summed E-state index contributed by atoms with van der Waals surface area (Å²) in [5.41, 5.74) is 2.92. The van der Waals surface area contributed by atoms with Crippen molar-refractivity contribution in [3.63, 3.8) is 0 Å². The lowest BCUT2D eigenvalue weighted by Gasteiger charge is -2.36. The fourth-order valence-corrected chi connectivity index (χ4v) is 3.82. The van der Waals surface area contributed by atoms with Gasteiger partial charge in [-0.25, -0.2) is 0 Å². The van der Waals surface area contributed by atoms with E-state index < -0.39 is 0 Å². The average Bonchev–Trinajstić information content (AvgIpc) is 2.39. The molecular weight excluding hydrogens is 208 g/mol. The maximum atomic E-state index is 10.1. The first-order chi connectivity index (χ1) is 8.34. The molecule has 2 aliphatic rings. The molecule has 0 heterocycles. The SMILES string of the molecule is O[C@@H]1Cc2ccccc2[C@@H](C2CCCCC2)C1. The zero-order valence-electron chi connectivity index (χ0n) is 10.4. The van der Waals surface area contributed by atoms with Gasteiger partial charge in [-0.1, -0.05) is 43.5 Å². The zero-order chi connectivity index (χ0) is 11.7. The van der Waals surface area contributed by atoms with Gasteiger partial charge in [0.1, 0.15) is 0 Å². The maximum Gasteiger partial charge on any atom is 0.0586 e. The maximum absolute atomic E-state index is 10.1. The summed E-state index contributed by atoms with van der Waals surface area (Å²) in [5, 5.41) is 10.1. The fourth-order valence-electron chi connectivity index (χ4n) is 3.82. The Kier molecular flexibility index (Phi) is 3.19. The average molecular weight is 230 g/mol. The molecule has 3 rings (SSSR count). The Balaban J connectivity index is 1.88. The van der Waals surface area contributed by atoms with E-state index >= 15 is 0 Å². The van der Waals surface area contributed by atoms with Crippen molar-refractivity contribution in [2.24, 2.45) is 5.92 Å². The molecule has 1 heteroatoms. The van der Waals surface area contributed by atoms with Gasteiger partial charge in [0.25, 0.3) is 0 Å². The van der Waals surface area contributed by atoms with Crippen molar-refractivity contribution in [1.82, 2.24) is 0 Å². The van der Waals surface area contributed by atoms with Gasteiger partial charge in [0, 0.05) is 0 Å². The third-order valence-corrected chi connectivity index (χ3v) is 4.65. The van der Waals surface area contributed by atoms with Crippen LogP contribution in [0.4, 0.5) is 0 Å². The van der Waals surface area contributed by atoms with E-state index in [9.17, 15) is 5.11 Å². The first kappa shape index (κ1) is 11.3. The molecule has 1 fully saturated rings. The van der Waals surface area contributed by atoms with Gasteiger partial charge in [-0.2, -0.15) is 0 Å². The van der Waals surface area contributed by atoms with Crippen molar-refractivity contribution in [2.45, 2.75) is 57.0 Å². The molecule has 0 aliphatic heterocycles. The largest absolute Gasteiger partial charge is 0.393 e. The quantitative estimate of drug-likeness (QED) is 0.780.